The van der Waals surface area contributed by atoms with Gasteiger partial charge in [-0.25, -0.2) is 4.68 Å². The summed E-state index contributed by atoms with van der Waals surface area (Å²) >= 11 is 0. The van der Waals surface area contributed by atoms with Crippen molar-refractivity contribution in [3.63, 3.8) is 0 Å². The van der Waals surface area contributed by atoms with Crippen LogP contribution >= 0.6 is 0 Å². The lowest BCUT2D eigenvalue weighted by molar-refractivity contribution is -0.117. The van der Waals surface area contributed by atoms with E-state index in [1.165, 1.54) is 6.08 Å². The average Bonchev–Trinajstić information content (AvgIpc) is 3.09. The summed E-state index contributed by atoms with van der Waals surface area (Å²) in [5.74, 6) is -0.158. The fourth-order valence-electron chi connectivity index (χ4n) is 2.49. The summed E-state index contributed by atoms with van der Waals surface area (Å²) in [6.45, 7) is 2.61. The smallest absolute Gasteiger partial charge is 0.244 e. The summed E-state index contributed by atoms with van der Waals surface area (Å²) in [6.07, 6.45) is 4.97. The van der Waals surface area contributed by atoms with Crippen LogP contribution in [0, 0.1) is 0 Å². The Morgan fingerprint density at radius 3 is 2.52 bits per heavy atom. The number of benzene rings is 2. The van der Waals surface area contributed by atoms with E-state index >= 15 is 0 Å². The van der Waals surface area contributed by atoms with E-state index in [0.717, 1.165) is 11.1 Å². The molecule has 1 atom stereocenters. The summed E-state index contributed by atoms with van der Waals surface area (Å²) in [7, 11) is 0. The molecule has 2 aromatic carbocycles. The molecule has 0 bridgehead atoms. The van der Waals surface area contributed by atoms with Gasteiger partial charge >= 0.3 is 0 Å². The molecule has 0 aliphatic carbocycles. The number of amides is 1. The maximum Gasteiger partial charge on any atom is 0.244 e. The van der Waals surface area contributed by atoms with Crippen LogP contribution in [0.15, 0.2) is 72.9 Å². The Bertz CT molecular complexity index is 840. The van der Waals surface area contributed by atoms with Gasteiger partial charge in [-0.05, 0) is 24.1 Å². The Morgan fingerprint density at radius 2 is 1.80 bits per heavy atom. The highest BCUT2D eigenvalue weighted by Crippen LogP contribution is 2.11. The van der Waals surface area contributed by atoms with Crippen molar-refractivity contribution in [1.29, 1.82) is 0 Å². The summed E-state index contributed by atoms with van der Waals surface area (Å²) in [5, 5.41) is 11.1. The molecule has 3 aromatic rings. The molecular formula is C20H20N4O. The van der Waals surface area contributed by atoms with Crippen LogP contribution in [0.5, 0.6) is 0 Å². The Kier molecular flexibility index (Phi) is 5.36. The van der Waals surface area contributed by atoms with Gasteiger partial charge in [0.05, 0.1) is 18.8 Å². The third-order valence-corrected chi connectivity index (χ3v) is 3.81. The molecule has 0 spiro atoms. The fraction of sp³-hybridized carbons (Fsp3) is 0.150. The summed E-state index contributed by atoms with van der Waals surface area (Å²) < 4.78 is 1.75. The van der Waals surface area contributed by atoms with Crippen LogP contribution in [0.25, 0.3) is 6.08 Å². The first-order chi connectivity index (χ1) is 12.2. The SMILES string of the molecule is C[C@@H](NC(=O)/C=C/c1cn(Cc2ccccc2)nn1)c1ccccc1. The van der Waals surface area contributed by atoms with Crippen LogP contribution in [0.4, 0.5) is 0 Å². The molecule has 0 saturated heterocycles. The molecule has 0 fully saturated rings. The minimum atomic E-state index is -0.158. The van der Waals surface area contributed by atoms with Gasteiger partial charge in [0.25, 0.3) is 0 Å². The lowest BCUT2D eigenvalue weighted by atomic mass is 10.1. The van der Waals surface area contributed by atoms with Crippen molar-refractivity contribution in [2.24, 2.45) is 0 Å². The highest BCUT2D eigenvalue weighted by molar-refractivity contribution is 5.91. The van der Waals surface area contributed by atoms with Crippen LogP contribution in [-0.2, 0) is 11.3 Å². The van der Waals surface area contributed by atoms with E-state index in [4.69, 9.17) is 0 Å². The third kappa shape index (κ3) is 4.88. The summed E-state index contributed by atoms with van der Waals surface area (Å²) in [4.78, 5) is 12.0. The molecule has 25 heavy (non-hydrogen) atoms. The number of aromatic nitrogens is 3. The van der Waals surface area contributed by atoms with E-state index in [-0.39, 0.29) is 11.9 Å². The molecule has 0 aliphatic rings. The minimum absolute atomic E-state index is 0.0490. The Hall–Kier alpha value is -3.21. The molecule has 5 heteroatoms. The van der Waals surface area contributed by atoms with Crippen molar-refractivity contribution in [3.05, 3.63) is 89.8 Å². The standard InChI is InChI=1S/C20H20N4O/c1-16(18-10-6-3-7-11-18)21-20(25)13-12-19-15-24(23-22-19)14-17-8-4-2-5-9-17/h2-13,15-16H,14H2,1H3,(H,21,25)/b13-12+/t16-/m1/s1. The lowest BCUT2D eigenvalue weighted by Gasteiger charge is -2.12. The van der Waals surface area contributed by atoms with E-state index in [1.54, 1.807) is 10.8 Å². The van der Waals surface area contributed by atoms with Crippen LogP contribution in [0.2, 0.25) is 0 Å². The molecule has 126 valence electrons. The topological polar surface area (TPSA) is 59.8 Å². The predicted molar refractivity (Wildman–Crippen MR) is 97.6 cm³/mol. The van der Waals surface area contributed by atoms with Gasteiger partial charge in [0.15, 0.2) is 0 Å². The van der Waals surface area contributed by atoms with Gasteiger partial charge in [0.2, 0.25) is 5.91 Å². The second-order valence-corrected chi connectivity index (χ2v) is 5.80. The van der Waals surface area contributed by atoms with E-state index in [0.29, 0.717) is 12.2 Å². The first-order valence-electron chi connectivity index (χ1n) is 8.18. The molecule has 0 saturated carbocycles. The molecule has 0 radical (unpaired) electrons. The van der Waals surface area contributed by atoms with Gasteiger partial charge in [-0.15, -0.1) is 5.10 Å². The molecule has 1 aromatic heterocycles. The number of rotatable bonds is 6. The molecule has 3 rings (SSSR count). The fourth-order valence-corrected chi connectivity index (χ4v) is 2.49. The van der Waals surface area contributed by atoms with Gasteiger partial charge < -0.3 is 5.32 Å². The first kappa shape index (κ1) is 16.6. The largest absolute Gasteiger partial charge is 0.346 e. The number of nitrogens with one attached hydrogen (secondary N) is 1. The molecule has 0 unspecified atom stereocenters. The zero-order valence-corrected chi connectivity index (χ0v) is 14.0. The van der Waals surface area contributed by atoms with E-state index < -0.39 is 0 Å². The summed E-state index contributed by atoms with van der Waals surface area (Å²) in [5.41, 5.74) is 2.87. The minimum Gasteiger partial charge on any atom is -0.346 e. The van der Waals surface area contributed by atoms with Gasteiger partial charge in [0, 0.05) is 6.08 Å². The number of nitrogens with zero attached hydrogens (tertiary/aromatic N) is 3. The van der Waals surface area contributed by atoms with Gasteiger partial charge in [-0.1, -0.05) is 65.9 Å². The van der Waals surface area contributed by atoms with Gasteiger partial charge in [0.1, 0.15) is 5.69 Å². The van der Waals surface area contributed by atoms with E-state index in [1.807, 2.05) is 73.8 Å². The first-order valence-corrected chi connectivity index (χ1v) is 8.18. The quantitative estimate of drug-likeness (QED) is 0.705. The van der Waals surface area contributed by atoms with Crippen LogP contribution in [-0.4, -0.2) is 20.9 Å². The van der Waals surface area contributed by atoms with Crippen molar-refractivity contribution in [2.75, 3.05) is 0 Å². The third-order valence-electron chi connectivity index (χ3n) is 3.81. The molecule has 0 aliphatic heterocycles. The van der Waals surface area contributed by atoms with E-state index in [9.17, 15) is 4.79 Å². The van der Waals surface area contributed by atoms with Crippen molar-refractivity contribution in [2.45, 2.75) is 19.5 Å². The number of carbonyl (C=O) groups excluding carboxylic acids is 1. The van der Waals surface area contributed by atoms with Gasteiger partial charge in [-0.3, -0.25) is 4.79 Å². The van der Waals surface area contributed by atoms with Crippen LogP contribution in [0.3, 0.4) is 0 Å². The van der Waals surface area contributed by atoms with Crippen LogP contribution in [0.1, 0.15) is 29.8 Å². The van der Waals surface area contributed by atoms with Crippen LogP contribution < -0.4 is 5.32 Å². The number of hydrogen-bond donors (Lipinski definition) is 1. The molecular weight excluding hydrogens is 312 g/mol. The number of hydrogen-bond acceptors (Lipinski definition) is 3. The van der Waals surface area contributed by atoms with Crippen molar-refractivity contribution in [3.8, 4) is 0 Å². The van der Waals surface area contributed by atoms with Gasteiger partial charge in [-0.2, -0.15) is 0 Å². The Morgan fingerprint density at radius 1 is 1.12 bits per heavy atom. The predicted octanol–water partition coefficient (Wildman–Crippen LogP) is 3.22. The van der Waals surface area contributed by atoms with E-state index in [2.05, 4.69) is 15.6 Å². The van der Waals surface area contributed by atoms with Crippen molar-refractivity contribution >= 4 is 12.0 Å². The zero-order valence-electron chi connectivity index (χ0n) is 14.0. The average molecular weight is 332 g/mol. The molecule has 1 N–H and O–H groups in total. The highest BCUT2D eigenvalue weighted by atomic mass is 16.1. The monoisotopic (exact) mass is 332 g/mol. The second-order valence-electron chi connectivity index (χ2n) is 5.80. The Balaban J connectivity index is 1.56. The molecule has 1 heterocycles. The normalized spacial score (nSPS) is 12.2. The molecule has 1 amide bonds. The lowest BCUT2D eigenvalue weighted by Crippen LogP contribution is -2.24. The zero-order chi connectivity index (χ0) is 17.5. The maximum atomic E-state index is 12.0. The second kappa shape index (κ2) is 8.06. The summed E-state index contributed by atoms with van der Waals surface area (Å²) in [6, 6.07) is 19.8. The Labute approximate surface area is 147 Å². The highest BCUT2D eigenvalue weighted by Gasteiger charge is 2.07. The number of carbonyl (C=O) groups is 1. The maximum absolute atomic E-state index is 12.0. The van der Waals surface area contributed by atoms with Crippen molar-refractivity contribution in [1.82, 2.24) is 20.3 Å². The molecule has 5 nitrogen and oxygen atoms in total. The van der Waals surface area contributed by atoms with Crippen molar-refractivity contribution < 1.29 is 4.79 Å².